The molecule has 7 nitrogen and oxygen atoms in total. The molecule has 9 heteroatoms. The highest BCUT2D eigenvalue weighted by Crippen LogP contribution is 2.32. The molecule has 3 rings (SSSR count). The summed E-state index contributed by atoms with van der Waals surface area (Å²) in [6.07, 6.45) is 3.83. The lowest BCUT2D eigenvalue weighted by Gasteiger charge is -2.14. The second-order valence-electron chi connectivity index (χ2n) is 7.67. The number of aliphatic carboxylic acids is 1. The zero-order valence-corrected chi connectivity index (χ0v) is 20.2. The van der Waals surface area contributed by atoms with Gasteiger partial charge in [-0.15, -0.1) is 0 Å². The van der Waals surface area contributed by atoms with Crippen molar-refractivity contribution in [2.45, 2.75) is 32.3 Å². The highest BCUT2D eigenvalue weighted by molar-refractivity contribution is 8.26. The fraction of sp³-hybridized carbons (Fsp3) is 0.280. The van der Waals surface area contributed by atoms with E-state index in [1.807, 2.05) is 54.6 Å². The van der Waals surface area contributed by atoms with Gasteiger partial charge in [0.15, 0.2) is 0 Å². The van der Waals surface area contributed by atoms with Crippen molar-refractivity contribution in [1.29, 1.82) is 0 Å². The molecule has 0 radical (unpaired) electrons. The van der Waals surface area contributed by atoms with Gasteiger partial charge in [0.05, 0.1) is 4.91 Å². The minimum atomic E-state index is -0.821. The van der Waals surface area contributed by atoms with Crippen LogP contribution in [0.2, 0.25) is 0 Å². The van der Waals surface area contributed by atoms with Gasteiger partial charge in [0.1, 0.15) is 23.2 Å². The number of thiocarbonyl (C=S) groups is 1. The van der Waals surface area contributed by atoms with E-state index >= 15 is 0 Å². The van der Waals surface area contributed by atoms with Gasteiger partial charge in [-0.3, -0.25) is 19.3 Å². The number of carbonyl (C=O) groups excluding carboxylic acids is 2. The summed E-state index contributed by atoms with van der Waals surface area (Å²) in [5.74, 6) is -0.733. The molecular weight excluding hydrogens is 472 g/mol. The van der Waals surface area contributed by atoms with Gasteiger partial charge < -0.3 is 15.2 Å². The number of hydrogen-bond donors (Lipinski definition) is 2. The third-order valence-electron chi connectivity index (χ3n) is 4.97. The van der Waals surface area contributed by atoms with Crippen molar-refractivity contribution in [3.8, 4) is 5.75 Å². The van der Waals surface area contributed by atoms with Crippen LogP contribution < -0.4 is 10.1 Å². The maximum Gasteiger partial charge on any atom is 0.303 e. The fourth-order valence-electron chi connectivity index (χ4n) is 3.23. The van der Waals surface area contributed by atoms with Gasteiger partial charge in [0.25, 0.3) is 5.91 Å². The van der Waals surface area contributed by atoms with Crippen LogP contribution in [0.1, 0.15) is 36.8 Å². The number of rotatable bonds is 12. The molecule has 34 heavy (non-hydrogen) atoms. The summed E-state index contributed by atoms with van der Waals surface area (Å²) in [6, 6.07) is 17.3. The number of ether oxygens (including phenoxy) is 1. The van der Waals surface area contributed by atoms with Crippen molar-refractivity contribution in [3.05, 3.63) is 70.6 Å². The Morgan fingerprint density at radius 3 is 2.65 bits per heavy atom. The van der Waals surface area contributed by atoms with Gasteiger partial charge in [0, 0.05) is 13.0 Å². The minimum Gasteiger partial charge on any atom is -0.489 e. The van der Waals surface area contributed by atoms with E-state index in [2.05, 4.69) is 5.32 Å². The van der Waals surface area contributed by atoms with Crippen LogP contribution in [0.4, 0.5) is 0 Å². The number of carboxylic acid groups (broad SMARTS) is 1. The van der Waals surface area contributed by atoms with Gasteiger partial charge in [-0.2, -0.15) is 0 Å². The quantitative estimate of drug-likeness (QED) is 0.257. The van der Waals surface area contributed by atoms with Crippen LogP contribution in [0.5, 0.6) is 5.75 Å². The molecule has 178 valence electrons. The molecule has 2 N–H and O–H groups in total. The highest BCUT2D eigenvalue weighted by Gasteiger charge is 2.33. The highest BCUT2D eigenvalue weighted by atomic mass is 32.2. The van der Waals surface area contributed by atoms with Crippen LogP contribution in [0.25, 0.3) is 6.08 Å². The topological polar surface area (TPSA) is 95.9 Å². The number of thioether (sulfide) groups is 1. The van der Waals surface area contributed by atoms with E-state index in [4.69, 9.17) is 22.1 Å². The largest absolute Gasteiger partial charge is 0.489 e. The Balaban J connectivity index is 1.51. The molecule has 1 aliphatic rings. The van der Waals surface area contributed by atoms with E-state index in [0.717, 1.165) is 22.9 Å². The molecule has 0 bridgehead atoms. The molecule has 2 aromatic rings. The van der Waals surface area contributed by atoms with Crippen molar-refractivity contribution < 1.29 is 24.2 Å². The summed E-state index contributed by atoms with van der Waals surface area (Å²) < 4.78 is 6.19. The van der Waals surface area contributed by atoms with Gasteiger partial charge >= 0.3 is 5.97 Å². The van der Waals surface area contributed by atoms with Crippen LogP contribution in [-0.2, 0) is 21.0 Å². The van der Waals surface area contributed by atoms with Crippen molar-refractivity contribution in [2.24, 2.45) is 0 Å². The number of carboxylic acids is 1. The summed E-state index contributed by atoms with van der Waals surface area (Å²) in [4.78, 5) is 37.3. The van der Waals surface area contributed by atoms with Crippen LogP contribution >= 0.6 is 24.0 Å². The van der Waals surface area contributed by atoms with Crippen molar-refractivity contribution >= 4 is 52.2 Å². The second-order valence-corrected chi connectivity index (χ2v) is 9.34. The van der Waals surface area contributed by atoms with E-state index in [1.165, 1.54) is 4.90 Å². The predicted octanol–water partition coefficient (Wildman–Crippen LogP) is 4.23. The third kappa shape index (κ3) is 8.00. The Morgan fingerprint density at radius 2 is 1.88 bits per heavy atom. The Hall–Kier alpha value is -3.17. The van der Waals surface area contributed by atoms with Crippen molar-refractivity contribution in [2.75, 3.05) is 13.1 Å². The average Bonchev–Trinajstić information content (AvgIpc) is 3.08. The van der Waals surface area contributed by atoms with Crippen molar-refractivity contribution in [3.63, 3.8) is 0 Å². The number of unbranched alkanes of at least 4 members (excludes halogenated alkanes) is 2. The number of carbonyl (C=O) groups is 3. The summed E-state index contributed by atoms with van der Waals surface area (Å²) in [6.45, 7) is 0.733. The first kappa shape index (κ1) is 25.5. The van der Waals surface area contributed by atoms with Crippen LogP contribution in [0, 0.1) is 0 Å². The molecule has 2 amide bonds. The van der Waals surface area contributed by atoms with Crippen LogP contribution in [-0.4, -0.2) is 45.2 Å². The van der Waals surface area contributed by atoms with Crippen LogP contribution in [0.3, 0.4) is 0 Å². The van der Waals surface area contributed by atoms with Gasteiger partial charge in [0.2, 0.25) is 5.91 Å². The molecule has 1 fully saturated rings. The Morgan fingerprint density at radius 1 is 1.09 bits per heavy atom. The normalized spacial score (nSPS) is 14.5. The molecule has 1 aliphatic heterocycles. The molecule has 0 spiro atoms. The lowest BCUT2D eigenvalue weighted by Crippen LogP contribution is -2.39. The molecule has 1 saturated heterocycles. The summed E-state index contributed by atoms with van der Waals surface area (Å²) in [5, 5.41) is 11.4. The lowest BCUT2D eigenvalue weighted by atomic mass is 10.2. The van der Waals surface area contributed by atoms with Crippen molar-refractivity contribution in [1.82, 2.24) is 10.2 Å². The molecule has 0 aliphatic carbocycles. The van der Waals surface area contributed by atoms with E-state index in [0.29, 0.717) is 47.4 Å². The molecule has 2 aromatic carbocycles. The predicted molar refractivity (Wildman–Crippen MR) is 136 cm³/mol. The van der Waals surface area contributed by atoms with E-state index in [1.54, 1.807) is 6.08 Å². The summed E-state index contributed by atoms with van der Waals surface area (Å²) in [5.41, 5.74) is 1.86. The number of hydrogen-bond acceptors (Lipinski definition) is 6. The Bertz CT molecular complexity index is 1070. The standard InChI is InChI=1S/C25H26N2O5S2/c28-22(26-13-6-2-5-12-23(29)30)16-27-24(31)21(34-25(27)33)15-19-10-7-11-20(14-19)32-17-18-8-3-1-4-9-18/h1,3-4,7-11,14-15H,2,5-6,12-13,16-17H2,(H,26,28)(H,29,30)/b21-15-. The minimum absolute atomic E-state index is 0.124. The molecule has 1 heterocycles. The first-order chi connectivity index (χ1) is 16.4. The zero-order valence-electron chi connectivity index (χ0n) is 18.6. The number of amides is 2. The van der Waals surface area contributed by atoms with E-state index in [9.17, 15) is 14.4 Å². The van der Waals surface area contributed by atoms with E-state index < -0.39 is 5.97 Å². The molecule has 0 unspecified atom stereocenters. The first-order valence-corrected chi connectivity index (χ1v) is 12.2. The monoisotopic (exact) mass is 498 g/mol. The van der Waals surface area contributed by atoms with Gasteiger partial charge in [-0.05, 0) is 42.2 Å². The first-order valence-electron chi connectivity index (χ1n) is 10.9. The number of benzene rings is 2. The van der Waals surface area contributed by atoms with E-state index in [-0.39, 0.29) is 24.8 Å². The maximum absolute atomic E-state index is 12.8. The van der Waals surface area contributed by atoms with Gasteiger partial charge in [-0.1, -0.05) is 72.9 Å². The number of nitrogens with zero attached hydrogens (tertiary/aromatic N) is 1. The smallest absolute Gasteiger partial charge is 0.303 e. The zero-order chi connectivity index (χ0) is 24.3. The van der Waals surface area contributed by atoms with Gasteiger partial charge in [-0.25, -0.2) is 0 Å². The third-order valence-corrected chi connectivity index (χ3v) is 6.35. The Labute approximate surface area is 208 Å². The molecular formula is C25H26N2O5S2. The maximum atomic E-state index is 12.8. The fourth-order valence-corrected chi connectivity index (χ4v) is 4.48. The second kappa shape index (κ2) is 12.9. The molecule has 0 aromatic heterocycles. The summed E-state index contributed by atoms with van der Waals surface area (Å²) >= 11 is 6.48. The SMILES string of the molecule is O=C(O)CCCCCNC(=O)CN1C(=O)/C(=C/c2cccc(OCc3ccccc3)c2)SC1=S. The summed E-state index contributed by atoms with van der Waals surface area (Å²) in [7, 11) is 0. The number of nitrogens with one attached hydrogen (secondary N) is 1. The lowest BCUT2D eigenvalue weighted by molar-refractivity contribution is -0.137. The van der Waals surface area contributed by atoms with Crippen LogP contribution in [0.15, 0.2) is 59.5 Å². The molecule has 0 atom stereocenters. The molecule has 0 saturated carbocycles. The average molecular weight is 499 g/mol. The Kier molecular flexibility index (Phi) is 9.66.